The van der Waals surface area contributed by atoms with Crippen molar-refractivity contribution in [2.45, 2.75) is 0 Å². The SMILES string of the molecule is ClP(Cl)Cl.[Ir]. The standard InChI is InChI=1S/Cl3P.Ir/c1-4(2)3;. The Kier molecular flexibility index (Phi) is 11.9. The molecule has 0 fully saturated rings. The molecule has 0 aromatic carbocycles. The van der Waals surface area contributed by atoms with Gasteiger partial charge >= 0.3 is 0 Å². The normalized spacial score (nSPS) is 7.20. The van der Waals surface area contributed by atoms with Crippen molar-refractivity contribution < 1.29 is 20.1 Å². The van der Waals surface area contributed by atoms with E-state index in [1.807, 2.05) is 0 Å². The molecule has 0 nitrogen and oxygen atoms in total. The van der Waals surface area contributed by atoms with Crippen molar-refractivity contribution in [1.29, 1.82) is 0 Å². The van der Waals surface area contributed by atoms with Crippen molar-refractivity contribution in [2.75, 3.05) is 0 Å². The van der Waals surface area contributed by atoms with Gasteiger partial charge in [0.05, 0.1) is 0 Å². The molecule has 0 aliphatic heterocycles. The van der Waals surface area contributed by atoms with Crippen molar-refractivity contribution >= 4 is 39.7 Å². The van der Waals surface area contributed by atoms with Crippen LogP contribution in [0.25, 0.3) is 0 Å². The smallest absolute Gasteiger partial charge is 0.0596 e. The van der Waals surface area contributed by atoms with E-state index in [2.05, 4.69) is 0 Å². The van der Waals surface area contributed by atoms with E-state index in [-0.39, 0.29) is 20.1 Å². The zero-order valence-electron chi connectivity index (χ0n) is 1.91. The van der Waals surface area contributed by atoms with E-state index in [0.29, 0.717) is 0 Å². The molecule has 0 heterocycles. The van der Waals surface area contributed by atoms with Crippen LogP contribution in [0.5, 0.6) is 0 Å². The van der Waals surface area contributed by atoms with E-state index in [1.165, 1.54) is 0 Å². The van der Waals surface area contributed by atoms with E-state index >= 15 is 0 Å². The summed E-state index contributed by atoms with van der Waals surface area (Å²) in [5.74, 6) is -1.20. The van der Waals surface area contributed by atoms with Crippen LogP contribution in [-0.4, -0.2) is 0 Å². The summed E-state index contributed by atoms with van der Waals surface area (Å²) in [6.07, 6.45) is 0. The van der Waals surface area contributed by atoms with E-state index in [4.69, 9.17) is 33.7 Å². The average Bonchev–Trinajstić information content (AvgIpc) is 0.811. The third kappa shape index (κ3) is 24.4. The molecule has 0 N–H and O–H groups in total. The Morgan fingerprint density at radius 2 is 1.00 bits per heavy atom. The minimum absolute atomic E-state index is 0. The molecule has 0 rings (SSSR count). The summed E-state index contributed by atoms with van der Waals surface area (Å²) in [4.78, 5) is 0. The first-order valence-corrected chi connectivity index (χ1v) is 4.56. The molecule has 5 heteroatoms. The van der Waals surface area contributed by atoms with Gasteiger partial charge in [-0.3, -0.25) is 0 Å². The van der Waals surface area contributed by atoms with Crippen molar-refractivity contribution in [3.05, 3.63) is 0 Å². The maximum absolute atomic E-state index is 4.87. The third-order valence-corrected chi connectivity index (χ3v) is 0. The number of halogens is 3. The van der Waals surface area contributed by atoms with Gasteiger partial charge in [0.2, 0.25) is 0 Å². The van der Waals surface area contributed by atoms with Crippen LogP contribution < -0.4 is 0 Å². The van der Waals surface area contributed by atoms with Gasteiger partial charge in [-0.2, -0.15) is 0 Å². The molecule has 0 amide bonds. The Bertz CT molecular complexity index is 11.6. The maximum Gasteiger partial charge on any atom is 0.179 e. The zero-order valence-corrected chi connectivity index (χ0v) is 7.47. The summed E-state index contributed by atoms with van der Waals surface area (Å²) >= 11 is 14.6. The molecule has 0 saturated heterocycles. The van der Waals surface area contributed by atoms with E-state index in [0.717, 1.165) is 0 Å². The minimum atomic E-state index is -1.20. The second-order valence-corrected chi connectivity index (χ2v) is 5.17. The van der Waals surface area contributed by atoms with Gasteiger partial charge in [0.15, 0.2) is 5.98 Å². The second-order valence-electron chi connectivity index (χ2n) is 0.192. The molecule has 1 radical (unpaired) electrons. The fourth-order valence-corrected chi connectivity index (χ4v) is 0. The van der Waals surface area contributed by atoms with Gasteiger partial charge in [0.1, 0.15) is 0 Å². The van der Waals surface area contributed by atoms with Gasteiger partial charge in [-0.1, -0.05) is 33.7 Å². The number of rotatable bonds is 0. The summed E-state index contributed by atoms with van der Waals surface area (Å²) in [5, 5.41) is 0. The predicted octanol–water partition coefficient (Wildman–Crippen LogP) is 2.93. The molecule has 0 aromatic rings. The third-order valence-electron chi connectivity index (χ3n) is 0. The Hall–Kier alpha value is 1.95. The van der Waals surface area contributed by atoms with Gasteiger partial charge in [-0.05, 0) is 0 Å². The summed E-state index contributed by atoms with van der Waals surface area (Å²) in [6, 6.07) is 0. The van der Waals surface area contributed by atoms with E-state index in [1.54, 1.807) is 0 Å². The van der Waals surface area contributed by atoms with Crippen molar-refractivity contribution in [1.82, 2.24) is 0 Å². The van der Waals surface area contributed by atoms with Crippen LogP contribution in [0.15, 0.2) is 0 Å². The molecule has 0 spiro atoms. The summed E-state index contributed by atoms with van der Waals surface area (Å²) in [7, 11) is 0. The summed E-state index contributed by atoms with van der Waals surface area (Å²) < 4.78 is 0. The summed E-state index contributed by atoms with van der Waals surface area (Å²) in [5.41, 5.74) is 0. The Morgan fingerprint density at radius 3 is 1.00 bits per heavy atom. The maximum atomic E-state index is 4.87. The minimum Gasteiger partial charge on any atom is -0.0596 e. The molecule has 0 saturated carbocycles. The van der Waals surface area contributed by atoms with Crippen molar-refractivity contribution in [3.8, 4) is 0 Å². The molecule has 5 heavy (non-hydrogen) atoms. The average molecular weight is 330 g/mol. The molecule has 0 bridgehead atoms. The van der Waals surface area contributed by atoms with Gasteiger partial charge in [0, 0.05) is 20.1 Å². The second kappa shape index (κ2) is 5.95. The molecule has 35 valence electrons. The fraction of sp³-hybridized carbons (Fsp3) is 0. The Morgan fingerprint density at radius 1 is 1.00 bits per heavy atom. The molecule has 0 aromatic heterocycles. The zero-order chi connectivity index (χ0) is 3.58. The predicted molar refractivity (Wildman–Crippen MR) is 24.5 cm³/mol. The van der Waals surface area contributed by atoms with Gasteiger partial charge in [-0.25, -0.2) is 0 Å². The Balaban J connectivity index is 0. The first kappa shape index (κ1) is 10.0. The van der Waals surface area contributed by atoms with Crippen LogP contribution in [0.1, 0.15) is 0 Å². The van der Waals surface area contributed by atoms with Gasteiger partial charge < -0.3 is 0 Å². The number of hydrogen-bond donors (Lipinski definition) is 0. The van der Waals surface area contributed by atoms with Gasteiger partial charge in [-0.15, -0.1) is 0 Å². The molecular formula is Cl3IrP. The van der Waals surface area contributed by atoms with Crippen LogP contribution in [0.2, 0.25) is 0 Å². The topological polar surface area (TPSA) is 0 Å². The van der Waals surface area contributed by atoms with Crippen LogP contribution in [-0.2, 0) is 20.1 Å². The molecule has 0 aliphatic rings. The molecule has 0 atom stereocenters. The molecule has 0 aliphatic carbocycles. The van der Waals surface area contributed by atoms with Crippen LogP contribution in [0.3, 0.4) is 0 Å². The molecule has 0 unspecified atom stereocenters. The van der Waals surface area contributed by atoms with Crippen molar-refractivity contribution in [3.63, 3.8) is 0 Å². The van der Waals surface area contributed by atoms with Crippen LogP contribution in [0, 0.1) is 0 Å². The summed E-state index contributed by atoms with van der Waals surface area (Å²) in [6.45, 7) is 0. The van der Waals surface area contributed by atoms with E-state index < -0.39 is 5.98 Å². The van der Waals surface area contributed by atoms with Crippen LogP contribution in [0.4, 0.5) is 0 Å². The number of hydrogen-bond acceptors (Lipinski definition) is 0. The van der Waals surface area contributed by atoms with E-state index in [9.17, 15) is 0 Å². The first-order valence-electron chi connectivity index (χ1n) is 0.507. The van der Waals surface area contributed by atoms with Gasteiger partial charge in [0.25, 0.3) is 0 Å². The quantitative estimate of drug-likeness (QED) is 0.600. The van der Waals surface area contributed by atoms with Crippen molar-refractivity contribution in [2.24, 2.45) is 0 Å². The molecular weight excluding hydrogens is 330 g/mol. The monoisotopic (exact) mass is 329 g/mol. The fourth-order valence-electron chi connectivity index (χ4n) is 0. The van der Waals surface area contributed by atoms with Crippen LogP contribution >= 0.6 is 39.7 Å². The first-order chi connectivity index (χ1) is 1.73. The Labute approximate surface area is 59.6 Å². The largest absolute Gasteiger partial charge is 0.179 e.